The van der Waals surface area contributed by atoms with E-state index in [4.69, 9.17) is 4.74 Å². The van der Waals surface area contributed by atoms with Crippen molar-refractivity contribution in [1.29, 1.82) is 0 Å². The number of benzene rings is 1. The van der Waals surface area contributed by atoms with Crippen LogP contribution in [0.15, 0.2) is 36.7 Å². The minimum atomic E-state index is -0.472. The van der Waals surface area contributed by atoms with Crippen LogP contribution < -0.4 is 5.32 Å². The maximum absolute atomic E-state index is 12.0. The molecule has 23 heavy (non-hydrogen) atoms. The Morgan fingerprint density at radius 2 is 1.83 bits per heavy atom. The van der Waals surface area contributed by atoms with Crippen molar-refractivity contribution in [2.75, 3.05) is 0 Å². The van der Waals surface area contributed by atoms with Gasteiger partial charge in [0.25, 0.3) is 0 Å². The van der Waals surface area contributed by atoms with Crippen LogP contribution in [0.2, 0.25) is 0 Å². The monoisotopic (exact) mass is 315 g/mol. The van der Waals surface area contributed by atoms with Gasteiger partial charge in [0.05, 0.1) is 11.8 Å². The first kappa shape index (κ1) is 17.2. The molecule has 0 spiro atoms. The van der Waals surface area contributed by atoms with Crippen molar-refractivity contribution < 1.29 is 9.53 Å². The van der Waals surface area contributed by atoms with Gasteiger partial charge in [0, 0.05) is 31.4 Å². The molecule has 124 valence electrons. The molecule has 0 fully saturated rings. The normalized spacial score (nSPS) is 11.5. The molecule has 1 aromatic heterocycles. The van der Waals surface area contributed by atoms with Gasteiger partial charge in [-0.05, 0) is 45.4 Å². The number of aryl methyl sites for hydroxylation is 1. The number of hydrogen-bond acceptors (Lipinski definition) is 4. The smallest absolute Gasteiger partial charge is 0.338 e. The van der Waals surface area contributed by atoms with E-state index < -0.39 is 5.60 Å². The second-order valence-corrected chi connectivity index (χ2v) is 6.51. The van der Waals surface area contributed by atoms with Crippen molar-refractivity contribution in [3.8, 4) is 0 Å². The van der Waals surface area contributed by atoms with Crippen LogP contribution in [0.5, 0.6) is 0 Å². The Morgan fingerprint density at radius 1 is 1.17 bits per heavy atom. The molecule has 0 amide bonds. The minimum absolute atomic E-state index is 0.288. The van der Waals surface area contributed by atoms with E-state index in [1.54, 1.807) is 12.1 Å². The zero-order valence-corrected chi connectivity index (χ0v) is 14.3. The van der Waals surface area contributed by atoms with E-state index in [0.29, 0.717) is 5.56 Å². The predicted octanol–water partition coefficient (Wildman–Crippen LogP) is 3.15. The van der Waals surface area contributed by atoms with Crippen molar-refractivity contribution in [3.63, 3.8) is 0 Å². The standard InChI is InChI=1S/C18H25N3O2/c1-5-21-13-15(12-20-21)11-19-10-14-6-8-16(9-7-14)17(22)23-18(2,3)4/h6-9,12-13,19H,5,10-11H2,1-4H3. The summed E-state index contributed by atoms with van der Waals surface area (Å²) in [7, 11) is 0. The summed E-state index contributed by atoms with van der Waals surface area (Å²) in [6.07, 6.45) is 3.92. The van der Waals surface area contributed by atoms with Crippen molar-refractivity contribution in [2.45, 2.75) is 52.9 Å². The van der Waals surface area contributed by atoms with Gasteiger partial charge in [-0.3, -0.25) is 4.68 Å². The molecule has 1 heterocycles. The number of hydrogen-bond donors (Lipinski definition) is 1. The van der Waals surface area contributed by atoms with E-state index in [0.717, 1.165) is 30.8 Å². The molecule has 5 nitrogen and oxygen atoms in total. The van der Waals surface area contributed by atoms with Crippen LogP contribution in [0.3, 0.4) is 0 Å². The molecule has 0 aliphatic carbocycles. The van der Waals surface area contributed by atoms with E-state index in [1.165, 1.54) is 0 Å². The number of nitrogens with zero attached hydrogens (tertiary/aromatic N) is 2. The first-order valence-electron chi connectivity index (χ1n) is 7.92. The van der Waals surface area contributed by atoms with Gasteiger partial charge in [-0.2, -0.15) is 5.10 Å². The highest BCUT2D eigenvalue weighted by Gasteiger charge is 2.17. The number of carbonyl (C=O) groups excluding carboxylic acids is 1. The van der Waals surface area contributed by atoms with Crippen LogP contribution in [0.4, 0.5) is 0 Å². The molecule has 0 saturated carbocycles. The van der Waals surface area contributed by atoms with Crippen LogP contribution in [0.1, 0.15) is 49.2 Å². The molecular formula is C18H25N3O2. The van der Waals surface area contributed by atoms with E-state index in [1.807, 2.05) is 50.0 Å². The van der Waals surface area contributed by atoms with Crippen molar-refractivity contribution in [1.82, 2.24) is 15.1 Å². The summed E-state index contributed by atoms with van der Waals surface area (Å²) in [5, 5.41) is 7.62. The Bertz CT molecular complexity index is 639. The highest BCUT2D eigenvalue weighted by atomic mass is 16.6. The largest absolute Gasteiger partial charge is 0.456 e. The first-order chi connectivity index (χ1) is 10.9. The van der Waals surface area contributed by atoms with Gasteiger partial charge in [-0.25, -0.2) is 4.79 Å². The molecule has 0 aliphatic heterocycles. The van der Waals surface area contributed by atoms with Gasteiger partial charge in [0.15, 0.2) is 0 Å². The summed E-state index contributed by atoms with van der Waals surface area (Å²) in [4.78, 5) is 12.0. The van der Waals surface area contributed by atoms with Crippen molar-refractivity contribution >= 4 is 5.97 Å². The lowest BCUT2D eigenvalue weighted by Gasteiger charge is -2.19. The van der Waals surface area contributed by atoms with E-state index in [2.05, 4.69) is 17.3 Å². The fourth-order valence-corrected chi connectivity index (χ4v) is 2.12. The van der Waals surface area contributed by atoms with E-state index in [9.17, 15) is 4.79 Å². The Balaban J connectivity index is 1.84. The fraction of sp³-hybridized carbons (Fsp3) is 0.444. The summed E-state index contributed by atoms with van der Waals surface area (Å²) in [5.74, 6) is -0.288. The molecule has 0 unspecified atom stereocenters. The Morgan fingerprint density at radius 3 is 2.39 bits per heavy atom. The van der Waals surface area contributed by atoms with Gasteiger partial charge < -0.3 is 10.1 Å². The molecule has 1 N–H and O–H groups in total. The maximum Gasteiger partial charge on any atom is 0.338 e. The van der Waals surface area contributed by atoms with Gasteiger partial charge in [-0.1, -0.05) is 12.1 Å². The molecular weight excluding hydrogens is 290 g/mol. The third kappa shape index (κ3) is 5.53. The third-order valence-corrected chi connectivity index (χ3v) is 3.26. The van der Waals surface area contributed by atoms with Crippen LogP contribution >= 0.6 is 0 Å². The highest BCUT2D eigenvalue weighted by Crippen LogP contribution is 2.13. The predicted molar refractivity (Wildman–Crippen MR) is 90.1 cm³/mol. The molecule has 0 radical (unpaired) electrons. The van der Waals surface area contributed by atoms with Crippen molar-refractivity contribution in [2.24, 2.45) is 0 Å². The molecule has 2 aromatic rings. The fourth-order valence-electron chi connectivity index (χ4n) is 2.12. The molecule has 2 rings (SSSR count). The van der Waals surface area contributed by atoms with Crippen LogP contribution in [0, 0.1) is 0 Å². The average Bonchev–Trinajstić information content (AvgIpc) is 2.94. The molecule has 1 aromatic carbocycles. The lowest BCUT2D eigenvalue weighted by molar-refractivity contribution is 0.00695. The van der Waals surface area contributed by atoms with Gasteiger partial charge in [0.1, 0.15) is 5.60 Å². The zero-order valence-electron chi connectivity index (χ0n) is 14.3. The Labute approximate surface area is 137 Å². The van der Waals surface area contributed by atoms with Crippen LogP contribution in [0.25, 0.3) is 0 Å². The average molecular weight is 315 g/mol. The van der Waals surface area contributed by atoms with Gasteiger partial charge >= 0.3 is 5.97 Å². The number of nitrogens with one attached hydrogen (secondary N) is 1. The van der Waals surface area contributed by atoms with Crippen LogP contribution in [-0.4, -0.2) is 21.4 Å². The lowest BCUT2D eigenvalue weighted by atomic mass is 10.1. The molecule has 0 saturated heterocycles. The Hall–Kier alpha value is -2.14. The lowest BCUT2D eigenvalue weighted by Crippen LogP contribution is -2.23. The third-order valence-electron chi connectivity index (χ3n) is 3.26. The minimum Gasteiger partial charge on any atom is -0.456 e. The number of rotatable bonds is 6. The topological polar surface area (TPSA) is 56.2 Å². The summed E-state index contributed by atoms with van der Waals surface area (Å²) >= 11 is 0. The van der Waals surface area contributed by atoms with Crippen molar-refractivity contribution in [3.05, 3.63) is 53.3 Å². The first-order valence-corrected chi connectivity index (χ1v) is 7.92. The number of carbonyl (C=O) groups is 1. The SMILES string of the molecule is CCn1cc(CNCc2ccc(C(=O)OC(C)(C)C)cc2)cn1. The quantitative estimate of drug-likeness (QED) is 0.832. The van der Waals surface area contributed by atoms with E-state index in [-0.39, 0.29) is 5.97 Å². The highest BCUT2D eigenvalue weighted by molar-refractivity contribution is 5.89. The number of ether oxygens (including phenoxy) is 1. The summed E-state index contributed by atoms with van der Waals surface area (Å²) in [6, 6.07) is 7.50. The summed E-state index contributed by atoms with van der Waals surface area (Å²) in [6.45, 7) is 10.1. The second kappa shape index (κ2) is 7.42. The Kier molecular flexibility index (Phi) is 5.55. The summed E-state index contributed by atoms with van der Waals surface area (Å²) in [5.41, 5.74) is 2.39. The molecule has 0 aliphatic rings. The number of aromatic nitrogens is 2. The molecule has 0 atom stereocenters. The van der Waals surface area contributed by atoms with Crippen LogP contribution in [-0.2, 0) is 24.4 Å². The molecule has 0 bridgehead atoms. The van der Waals surface area contributed by atoms with Gasteiger partial charge in [0.2, 0.25) is 0 Å². The second-order valence-electron chi connectivity index (χ2n) is 6.51. The van der Waals surface area contributed by atoms with E-state index >= 15 is 0 Å². The molecule has 5 heteroatoms. The summed E-state index contributed by atoms with van der Waals surface area (Å²) < 4.78 is 7.26. The maximum atomic E-state index is 12.0. The zero-order chi connectivity index (χ0) is 16.9. The van der Waals surface area contributed by atoms with Gasteiger partial charge in [-0.15, -0.1) is 0 Å². The number of esters is 1.